The number of alkyl halides is 3. The maximum atomic E-state index is 12.6. The van der Waals surface area contributed by atoms with Gasteiger partial charge in [0.2, 0.25) is 0 Å². The van der Waals surface area contributed by atoms with Crippen molar-refractivity contribution in [3.63, 3.8) is 0 Å². The summed E-state index contributed by atoms with van der Waals surface area (Å²) in [5.41, 5.74) is -0.574. The predicted molar refractivity (Wildman–Crippen MR) is 91.1 cm³/mol. The molecule has 0 bridgehead atoms. The molecule has 7 heteroatoms. The molecule has 0 aromatic heterocycles. The third kappa shape index (κ3) is 6.90. The number of benzene rings is 1. The molecule has 1 amide bonds. The van der Waals surface area contributed by atoms with Crippen molar-refractivity contribution in [3.8, 4) is 0 Å². The summed E-state index contributed by atoms with van der Waals surface area (Å²) in [7, 11) is 0. The van der Waals surface area contributed by atoms with Gasteiger partial charge in [0.05, 0.1) is 5.56 Å². The van der Waals surface area contributed by atoms with E-state index in [9.17, 15) is 22.8 Å². The third-order valence-electron chi connectivity index (χ3n) is 4.19. The molecule has 0 spiro atoms. The highest BCUT2D eigenvalue weighted by molar-refractivity contribution is 5.89. The minimum absolute atomic E-state index is 0.115. The summed E-state index contributed by atoms with van der Waals surface area (Å²) in [6.45, 7) is -0.401. The molecule has 4 nitrogen and oxygen atoms in total. The molecule has 1 aliphatic carbocycles. The van der Waals surface area contributed by atoms with Crippen LogP contribution < -0.4 is 5.32 Å². The smallest absolute Gasteiger partial charge is 0.416 e. The van der Waals surface area contributed by atoms with E-state index in [1.54, 1.807) is 0 Å². The lowest BCUT2D eigenvalue weighted by atomic mass is 10.1. The lowest BCUT2D eigenvalue weighted by molar-refractivity contribution is -0.144. The van der Waals surface area contributed by atoms with E-state index in [1.807, 2.05) is 0 Å². The minimum Gasteiger partial charge on any atom is -0.452 e. The lowest BCUT2D eigenvalue weighted by Crippen LogP contribution is -2.37. The molecule has 0 saturated heterocycles. The van der Waals surface area contributed by atoms with Crippen LogP contribution in [0.5, 0.6) is 0 Å². The van der Waals surface area contributed by atoms with Crippen LogP contribution in [0, 0.1) is 0 Å². The highest BCUT2D eigenvalue weighted by Gasteiger charge is 2.30. The van der Waals surface area contributed by atoms with Crippen molar-refractivity contribution in [2.24, 2.45) is 0 Å². The molecule has 0 atom stereocenters. The Kier molecular flexibility index (Phi) is 7.24. The van der Waals surface area contributed by atoms with E-state index in [0.717, 1.165) is 43.9 Å². The highest BCUT2D eigenvalue weighted by Crippen LogP contribution is 2.29. The first-order valence-electron chi connectivity index (χ1n) is 8.66. The zero-order valence-electron chi connectivity index (χ0n) is 14.3. The molecular formula is C19H22F3NO3. The molecule has 1 aromatic carbocycles. The van der Waals surface area contributed by atoms with Gasteiger partial charge < -0.3 is 10.1 Å². The Morgan fingerprint density at radius 1 is 1.15 bits per heavy atom. The topological polar surface area (TPSA) is 55.4 Å². The first kappa shape index (κ1) is 20.0. The van der Waals surface area contributed by atoms with E-state index in [-0.39, 0.29) is 17.5 Å². The zero-order valence-corrected chi connectivity index (χ0v) is 14.3. The van der Waals surface area contributed by atoms with Gasteiger partial charge in [-0.3, -0.25) is 4.79 Å². The van der Waals surface area contributed by atoms with Crippen LogP contribution in [0.2, 0.25) is 0 Å². The molecule has 1 fully saturated rings. The minimum atomic E-state index is -4.44. The van der Waals surface area contributed by atoms with Crippen LogP contribution in [0.15, 0.2) is 30.3 Å². The third-order valence-corrected chi connectivity index (χ3v) is 4.19. The van der Waals surface area contributed by atoms with Crippen molar-refractivity contribution in [2.45, 2.75) is 50.7 Å². The van der Waals surface area contributed by atoms with Gasteiger partial charge in [0, 0.05) is 12.1 Å². The second kappa shape index (κ2) is 9.40. The van der Waals surface area contributed by atoms with Crippen molar-refractivity contribution in [3.05, 3.63) is 41.5 Å². The molecule has 2 rings (SSSR count). The number of hydrogen-bond donors (Lipinski definition) is 1. The van der Waals surface area contributed by atoms with Gasteiger partial charge in [0.15, 0.2) is 6.61 Å². The Morgan fingerprint density at radius 3 is 2.50 bits per heavy atom. The fourth-order valence-corrected chi connectivity index (χ4v) is 2.86. The maximum Gasteiger partial charge on any atom is 0.416 e. The summed E-state index contributed by atoms with van der Waals surface area (Å²) in [5.74, 6) is -1.14. The van der Waals surface area contributed by atoms with Crippen LogP contribution in [0.1, 0.15) is 49.7 Å². The molecule has 0 heterocycles. The molecule has 0 unspecified atom stereocenters. The SMILES string of the molecule is O=C(COC(=O)/C=C/c1cccc(C(F)(F)F)c1)NC1CCCCCC1. The number of halogens is 3. The van der Waals surface area contributed by atoms with Gasteiger partial charge >= 0.3 is 12.1 Å². The molecule has 1 saturated carbocycles. The first-order valence-corrected chi connectivity index (χ1v) is 8.66. The Hall–Kier alpha value is -2.31. The van der Waals surface area contributed by atoms with Gasteiger partial charge in [-0.15, -0.1) is 0 Å². The maximum absolute atomic E-state index is 12.6. The lowest BCUT2D eigenvalue weighted by Gasteiger charge is -2.15. The average molecular weight is 369 g/mol. The number of carbonyl (C=O) groups excluding carboxylic acids is 2. The van der Waals surface area contributed by atoms with Crippen molar-refractivity contribution >= 4 is 18.0 Å². The number of rotatable bonds is 5. The monoisotopic (exact) mass is 369 g/mol. The van der Waals surface area contributed by atoms with Crippen LogP contribution in [-0.4, -0.2) is 24.5 Å². The van der Waals surface area contributed by atoms with E-state index in [4.69, 9.17) is 4.74 Å². The number of ether oxygens (including phenoxy) is 1. The van der Waals surface area contributed by atoms with E-state index in [2.05, 4.69) is 5.32 Å². The molecular weight excluding hydrogens is 347 g/mol. The number of hydrogen-bond acceptors (Lipinski definition) is 3. The van der Waals surface area contributed by atoms with E-state index in [1.165, 1.54) is 31.1 Å². The van der Waals surface area contributed by atoms with Gasteiger partial charge in [-0.05, 0) is 36.6 Å². The summed E-state index contributed by atoms with van der Waals surface area (Å²) in [4.78, 5) is 23.5. The normalized spacial score (nSPS) is 16.3. The summed E-state index contributed by atoms with van der Waals surface area (Å²) >= 11 is 0. The summed E-state index contributed by atoms with van der Waals surface area (Å²) in [6.07, 6.45) is 4.12. The van der Waals surface area contributed by atoms with E-state index in [0.29, 0.717) is 0 Å². The van der Waals surface area contributed by atoms with Crippen molar-refractivity contribution in [2.75, 3.05) is 6.61 Å². The molecule has 0 aliphatic heterocycles. The molecule has 142 valence electrons. The van der Waals surface area contributed by atoms with Crippen molar-refractivity contribution < 1.29 is 27.5 Å². The quantitative estimate of drug-likeness (QED) is 0.483. The van der Waals surface area contributed by atoms with Crippen molar-refractivity contribution in [1.29, 1.82) is 0 Å². The van der Waals surface area contributed by atoms with Crippen LogP contribution in [0.25, 0.3) is 6.08 Å². The summed E-state index contributed by atoms with van der Waals surface area (Å²) < 4.78 is 42.7. The van der Waals surface area contributed by atoms with Crippen molar-refractivity contribution in [1.82, 2.24) is 5.32 Å². The Morgan fingerprint density at radius 2 is 1.85 bits per heavy atom. The number of carbonyl (C=O) groups is 2. The largest absolute Gasteiger partial charge is 0.452 e. The van der Waals surface area contributed by atoms with Crippen LogP contribution in [0.4, 0.5) is 13.2 Å². The van der Waals surface area contributed by atoms with Gasteiger partial charge in [-0.1, -0.05) is 37.8 Å². The standard InChI is InChI=1S/C19H22F3NO3/c20-19(21,22)15-7-5-6-14(12-15)10-11-18(25)26-13-17(24)23-16-8-3-1-2-4-9-16/h5-7,10-12,16H,1-4,8-9,13H2,(H,23,24)/b11-10+. The van der Waals surface area contributed by atoms with Gasteiger partial charge in [-0.25, -0.2) is 4.79 Å². The predicted octanol–water partition coefficient (Wildman–Crippen LogP) is 4.10. The van der Waals surface area contributed by atoms with Crippen LogP contribution in [0.3, 0.4) is 0 Å². The van der Waals surface area contributed by atoms with Gasteiger partial charge in [0.25, 0.3) is 5.91 Å². The Labute approximate surface area is 150 Å². The van der Waals surface area contributed by atoms with Crippen LogP contribution in [-0.2, 0) is 20.5 Å². The summed E-state index contributed by atoms with van der Waals surface area (Å²) in [6, 6.07) is 4.70. The Balaban J connectivity index is 1.79. The number of nitrogens with one attached hydrogen (secondary N) is 1. The summed E-state index contributed by atoms with van der Waals surface area (Å²) in [5, 5.41) is 2.85. The number of esters is 1. The molecule has 1 aromatic rings. The fraction of sp³-hybridized carbons (Fsp3) is 0.474. The van der Waals surface area contributed by atoms with Gasteiger partial charge in [-0.2, -0.15) is 13.2 Å². The average Bonchev–Trinajstić information content (AvgIpc) is 2.86. The second-order valence-electron chi connectivity index (χ2n) is 6.32. The molecule has 26 heavy (non-hydrogen) atoms. The van der Waals surface area contributed by atoms with Crippen LogP contribution >= 0.6 is 0 Å². The number of amides is 1. The second-order valence-corrected chi connectivity index (χ2v) is 6.32. The first-order chi connectivity index (χ1) is 12.3. The highest BCUT2D eigenvalue weighted by atomic mass is 19.4. The van der Waals surface area contributed by atoms with E-state index >= 15 is 0 Å². The van der Waals surface area contributed by atoms with Gasteiger partial charge in [0.1, 0.15) is 0 Å². The fourth-order valence-electron chi connectivity index (χ4n) is 2.86. The zero-order chi connectivity index (χ0) is 19.0. The Bertz CT molecular complexity index is 648. The van der Waals surface area contributed by atoms with E-state index < -0.39 is 24.3 Å². The molecule has 0 radical (unpaired) electrons. The molecule has 1 N–H and O–H groups in total. The molecule has 1 aliphatic rings.